The summed E-state index contributed by atoms with van der Waals surface area (Å²) in [7, 11) is -4.37. The Kier molecular flexibility index (Phi) is 8.11. The van der Waals surface area contributed by atoms with Crippen LogP contribution in [0.1, 0.15) is 48.0 Å². The number of benzene rings is 1. The molecule has 0 saturated heterocycles. The van der Waals surface area contributed by atoms with E-state index in [2.05, 4.69) is 21.2 Å². The molecule has 2 aromatic rings. The zero-order valence-corrected chi connectivity index (χ0v) is 23.7. The first-order valence-electron chi connectivity index (χ1n) is 11.9. The summed E-state index contributed by atoms with van der Waals surface area (Å²) < 4.78 is 80.4. The van der Waals surface area contributed by atoms with Crippen molar-refractivity contribution in [3.8, 4) is 11.8 Å². The summed E-state index contributed by atoms with van der Waals surface area (Å²) in [6.07, 6.45) is -5.50. The largest absolute Gasteiger partial charge is 0.486 e. The molecular weight excluding hydrogens is 563 g/mol. The van der Waals surface area contributed by atoms with Gasteiger partial charge in [0.1, 0.15) is 16.7 Å². The van der Waals surface area contributed by atoms with E-state index in [9.17, 15) is 31.6 Å². The summed E-state index contributed by atoms with van der Waals surface area (Å²) in [6.45, 7) is 8.49. The van der Waals surface area contributed by atoms with Crippen LogP contribution in [0, 0.1) is 16.7 Å². The number of hydrogen-bond acceptors (Lipinski definition) is 7. The SMILES string of the molecule is CCn1cc(S(=O)(=O)N2c3cc(NC(=O)OC(C)(C)C(F)(F)F)ccc3O[C@@H](CC(C)(C)C#N)[C@H]2C)c(Cl)n1. The van der Waals surface area contributed by atoms with Gasteiger partial charge < -0.3 is 9.47 Å². The lowest BCUT2D eigenvalue weighted by Gasteiger charge is -2.42. The number of halogens is 4. The number of aryl methyl sites for hydroxylation is 1. The van der Waals surface area contributed by atoms with E-state index in [-0.39, 0.29) is 33.6 Å². The van der Waals surface area contributed by atoms with Crippen molar-refractivity contribution in [2.24, 2.45) is 5.41 Å². The molecule has 10 nitrogen and oxygen atoms in total. The fraction of sp³-hybridized carbons (Fsp3) is 0.542. The number of nitriles is 1. The highest BCUT2D eigenvalue weighted by atomic mass is 35.5. The van der Waals surface area contributed by atoms with Crippen LogP contribution in [0.2, 0.25) is 5.15 Å². The molecule has 0 radical (unpaired) electrons. The van der Waals surface area contributed by atoms with Crippen molar-refractivity contribution < 1.29 is 35.9 Å². The number of aromatic nitrogens is 2. The third kappa shape index (κ3) is 6.19. The molecule has 1 aliphatic heterocycles. The van der Waals surface area contributed by atoms with E-state index in [1.165, 1.54) is 29.1 Å². The number of hydrogen-bond donors (Lipinski definition) is 1. The second-order valence-corrected chi connectivity index (χ2v) is 12.4. The minimum Gasteiger partial charge on any atom is -0.486 e. The highest BCUT2D eigenvalue weighted by Gasteiger charge is 2.51. The number of alkyl halides is 3. The van der Waals surface area contributed by atoms with E-state index in [4.69, 9.17) is 16.3 Å². The van der Waals surface area contributed by atoms with Crippen LogP contribution in [0.3, 0.4) is 0 Å². The Hall–Kier alpha value is -3.18. The number of sulfonamides is 1. The van der Waals surface area contributed by atoms with Crippen LogP contribution >= 0.6 is 11.6 Å². The molecule has 0 aliphatic carbocycles. The van der Waals surface area contributed by atoms with Crippen LogP contribution in [-0.2, 0) is 21.3 Å². The molecule has 214 valence electrons. The number of ether oxygens (including phenoxy) is 2. The monoisotopic (exact) mass is 591 g/mol. The van der Waals surface area contributed by atoms with E-state index < -0.39 is 45.5 Å². The first-order valence-corrected chi connectivity index (χ1v) is 13.7. The molecule has 1 N–H and O–H groups in total. The molecule has 0 bridgehead atoms. The molecule has 2 heterocycles. The number of nitrogens with zero attached hydrogens (tertiary/aromatic N) is 4. The van der Waals surface area contributed by atoms with Crippen molar-refractivity contribution in [3.63, 3.8) is 0 Å². The first kappa shape index (κ1) is 30.4. The number of fused-ring (bicyclic) bond motifs is 1. The molecule has 1 aliphatic rings. The van der Waals surface area contributed by atoms with Gasteiger partial charge in [-0.2, -0.15) is 23.5 Å². The second kappa shape index (κ2) is 10.4. The van der Waals surface area contributed by atoms with Crippen molar-refractivity contribution in [1.29, 1.82) is 5.26 Å². The van der Waals surface area contributed by atoms with E-state index in [0.29, 0.717) is 20.4 Å². The zero-order chi connectivity index (χ0) is 29.6. The number of amides is 1. The number of nitrogens with one attached hydrogen (secondary N) is 1. The molecular formula is C24H29ClF3N5O5S. The van der Waals surface area contributed by atoms with Gasteiger partial charge in [-0.25, -0.2) is 13.2 Å². The lowest BCUT2D eigenvalue weighted by molar-refractivity contribution is -0.242. The van der Waals surface area contributed by atoms with Gasteiger partial charge in [-0.3, -0.25) is 14.3 Å². The Balaban J connectivity index is 2.07. The van der Waals surface area contributed by atoms with Crippen molar-refractivity contribution in [2.75, 3.05) is 9.62 Å². The summed E-state index contributed by atoms with van der Waals surface area (Å²) in [6, 6.07) is 5.26. The van der Waals surface area contributed by atoms with Crippen LogP contribution in [0.4, 0.5) is 29.3 Å². The van der Waals surface area contributed by atoms with Crippen LogP contribution in [0.25, 0.3) is 0 Å². The molecule has 0 saturated carbocycles. The molecule has 1 aromatic carbocycles. The van der Waals surface area contributed by atoms with Gasteiger partial charge >= 0.3 is 12.3 Å². The number of rotatable bonds is 7. The van der Waals surface area contributed by atoms with Crippen LogP contribution in [0.5, 0.6) is 5.75 Å². The predicted molar refractivity (Wildman–Crippen MR) is 137 cm³/mol. The summed E-state index contributed by atoms with van der Waals surface area (Å²) >= 11 is 6.19. The molecule has 39 heavy (non-hydrogen) atoms. The molecule has 15 heteroatoms. The topological polar surface area (TPSA) is 127 Å². The zero-order valence-electron chi connectivity index (χ0n) is 22.1. The Labute approximate surface area is 229 Å². The lowest BCUT2D eigenvalue weighted by atomic mass is 9.86. The fourth-order valence-electron chi connectivity index (χ4n) is 3.86. The van der Waals surface area contributed by atoms with Crippen molar-refractivity contribution in [1.82, 2.24) is 9.78 Å². The minimum absolute atomic E-state index is 0.00158. The van der Waals surface area contributed by atoms with Crippen LogP contribution in [-0.4, -0.2) is 48.2 Å². The normalized spacial score (nSPS) is 18.1. The quantitative estimate of drug-likeness (QED) is 0.435. The summed E-state index contributed by atoms with van der Waals surface area (Å²) in [5.41, 5.74) is -3.66. The van der Waals surface area contributed by atoms with Gasteiger partial charge in [0.05, 0.1) is 23.2 Å². The average molecular weight is 592 g/mol. The Morgan fingerprint density at radius 3 is 2.46 bits per heavy atom. The van der Waals surface area contributed by atoms with Gasteiger partial charge in [-0.15, -0.1) is 0 Å². The van der Waals surface area contributed by atoms with E-state index in [1.807, 2.05) is 0 Å². The van der Waals surface area contributed by atoms with Gasteiger partial charge in [0.25, 0.3) is 10.0 Å². The maximum Gasteiger partial charge on any atom is 0.427 e. The van der Waals surface area contributed by atoms with Crippen LogP contribution in [0.15, 0.2) is 29.3 Å². The minimum atomic E-state index is -4.82. The Bertz CT molecular complexity index is 1400. The van der Waals surface area contributed by atoms with E-state index in [1.54, 1.807) is 27.7 Å². The summed E-state index contributed by atoms with van der Waals surface area (Å²) in [5.74, 6) is 0.115. The van der Waals surface area contributed by atoms with Crippen molar-refractivity contribution >= 4 is 39.1 Å². The molecule has 0 fully saturated rings. The fourth-order valence-corrected chi connectivity index (χ4v) is 6.00. The summed E-state index contributed by atoms with van der Waals surface area (Å²) in [4.78, 5) is 12.0. The molecule has 0 unspecified atom stereocenters. The smallest absolute Gasteiger partial charge is 0.427 e. The highest BCUT2D eigenvalue weighted by Crippen LogP contribution is 2.44. The standard InChI is InChI=1S/C24H29ClF3N5O5S/c1-7-32-12-19(20(25)31-32)39(35,36)33-14(2)18(11-22(3,4)13-29)37-17-9-8-15(10-16(17)33)30-21(34)38-23(5,6)24(26,27)28/h8-10,12,14,18H,7,11H2,1-6H3,(H,30,34)/t14-,18+/m1/s1. The molecule has 3 rings (SSSR count). The van der Waals surface area contributed by atoms with Crippen LogP contribution < -0.4 is 14.4 Å². The lowest BCUT2D eigenvalue weighted by Crippen LogP contribution is -2.51. The van der Waals surface area contributed by atoms with Crippen molar-refractivity contribution in [3.05, 3.63) is 29.5 Å². The Morgan fingerprint density at radius 1 is 1.28 bits per heavy atom. The van der Waals surface area contributed by atoms with E-state index >= 15 is 0 Å². The van der Waals surface area contributed by atoms with Gasteiger partial charge in [0, 0.05) is 24.8 Å². The van der Waals surface area contributed by atoms with Crippen molar-refractivity contribution in [2.45, 2.75) is 83.3 Å². The Morgan fingerprint density at radius 2 is 1.92 bits per heavy atom. The molecule has 0 spiro atoms. The number of carbonyl (C=O) groups excluding carboxylic acids is 1. The third-order valence-electron chi connectivity index (χ3n) is 6.22. The van der Waals surface area contributed by atoms with Gasteiger partial charge in [0.2, 0.25) is 5.60 Å². The predicted octanol–water partition coefficient (Wildman–Crippen LogP) is 5.73. The van der Waals surface area contributed by atoms with Gasteiger partial charge in [-0.05, 0) is 59.7 Å². The maximum atomic E-state index is 14.0. The highest BCUT2D eigenvalue weighted by molar-refractivity contribution is 7.93. The second-order valence-electron chi connectivity index (χ2n) is 10.2. The van der Waals surface area contributed by atoms with Gasteiger partial charge in [-0.1, -0.05) is 11.6 Å². The molecule has 1 aromatic heterocycles. The van der Waals surface area contributed by atoms with E-state index in [0.717, 1.165) is 4.31 Å². The molecule has 1 amide bonds. The number of carbonyl (C=O) groups is 1. The van der Waals surface area contributed by atoms with Gasteiger partial charge in [0.15, 0.2) is 5.15 Å². The maximum absolute atomic E-state index is 14.0. The third-order valence-corrected chi connectivity index (χ3v) is 8.51. The number of anilines is 2. The average Bonchev–Trinajstić information content (AvgIpc) is 3.20. The molecule has 2 atom stereocenters. The summed E-state index contributed by atoms with van der Waals surface area (Å²) in [5, 5.41) is 15.5. The first-order chi connectivity index (χ1) is 17.8.